The van der Waals surface area contributed by atoms with E-state index in [-0.39, 0.29) is 22.0 Å². The number of methoxy groups -OCH3 is 2. The largest absolute Gasteiger partial charge is 0.496 e. The Labute approximate surface area is 99.9 Å². The summed E-state index contributed by atoms with van der Waals surface area (Å²) in [5.41, 5.74) is 5.60. The standard InChI is InChI=1S/C10H15NO5S/c1-15-7-5-9(17(3,13)14)8(16-2)4-6(7)10(11)12/h4-5,10,12H,11H2,1-3H3. The summed E-state index contributed by atoms with van der Waals surface area (Å²) in [5, 5.41) is 9.34. The number of hydrogen-bond acceptors (Lipinski definition) is 6. The van der Waals surface area contributed by atoms with Gasteiger partial charge in [0.2, 0.25) is 0 Å². The topological polar surface area (TPSA) is 98.9 Å². The van der Waals surface area contributed by atoms with Crippen LogP contribution in [0.15, 0.2) is 17.0 Å². The molecule has 96 valence electrons. The predicted octanol–water partition coefficient (Wildman–Crippen LogP) is 0.0569. The summed E-state index contributed by atoms with van der Waals surface area (Å²) in [4.78, 5) is -0.0127. The Kier molecular flexibility index (Phi) is 3.97. The van der Waals surface area contributed by atoms with Crippen LogP contribution in [0.4, 0.5) is 0 Å². The molecule has 0 amide bonds. The number of ether oxygens (including phenoxy) is 2. The zero-order chi connectivity index (χ0) is 13.2. The molecule has 7 heteroatoms. The molecule has 17 heavy (non-hydrogen) atoms. The van der Waals surface area contributed by atoms with Gasteiger partial charge in [0, 0.05) is 17.9 Å². The molecule has 0 aromatic heterocycles. The van der Waals surface area contributed by atoms with E-state index in [9.17, 15) is 13.5 Å². The number of hydrogen-bond donors (Lipinski definition) is 2. The number of aliphatic hydroxyl groups is 1. The monoisotopic (exact) mass is 261 g/mol. The molecular formula is C10H15NO5S. The lowest BCUT2D eigenvalue weighted by molar-refractivity contribution is 0.181. The van der Waals surface area contributed by atoms with Gasteiger partial charge in [-0.25, -0.2) is 8.42 Å². The van der Waals surface area contributed by atoms with E-state index < -0.39 is 16.1 Å². The van der Waals surface area contributed by atoms with Gasteiger partial charge in [-0.05, 0) is 6.07 Å². The second kappa shape index (κ2) is 4.91. The number of benzene rings is 1. The third-order valence-corrected chi connectivity index (χ3v) is 3.35. The lowest BCUT2D eigenvalue weighted by Crippen LogP contribution is -2.12. The van der Waals surface area contributed by atoms with Gasteiger partial charge in [0.1, 0.15) is 22.6 Å². The number of sulfone groups is 1. The first-order valence-electron chi connectivity index (χ1n) is 4.71. The normalized spacial score (nSPS) is 13.2. The third-order valence-electron chi connectivity index (χ3n) is 2.23. The van der Waals surface area contributed by atoms with Gasteiger partial charge < -0.3 is 20.3 Å². The average Bonchev–Trinajstić information content (AvgIpc) is 2.25. The molecule has 1 aromatic rings. The van der Waals surface area contributed by atoms with Crippen molar-refractivity contribution in [2.45, 2.75) is 11.1 Å². The van der Waals surface area contributed by atoms with Crippen molar-refractivity contribution in [1.29, 1.82) is 0 Å². The van der Waals surface area contributed by atoms with Crippen molar-refractivity contribution in [3.8, 4) is 11.5 Å². The fourth-order valence-electron chi connectivity index (χ4n) is 1.41. The van der Waals surface area contributed by atoms with Crippen LogP contribution in [0.3, 0.4) is 0 Å². The van der Waals surface area contributed by atoms with Crippen molar-refractivity contribution in [3.63, 3.8) is 0 Å². The Balaban J connectivity index is 3.55. The maximum absolute atomic E-state index is 11.5. The highest BCUT2D eigenvalue weighted by Gasteiger charge is 2.20. The number of aliphatic hydroxyl groups excluding tert-OH is 1. The molecule has 0 aliphatic heterocycles. The van der Waals surface area contributed by atoms with Crippen molar-refractivity contribution in [2.75, 3.05) is 20.5 Å². The van der Waals surface area contributed by atoms with Crippen LogP contribution in [0.2, 0.25) is 0 Å². The van der Waals surface area contributed by atoms with Crippen molar-refractivity contribution in [2.24, 2.45) is 5.73 Å². The SMILES string of the molecule is COc1cc(S(C)(=O)=O)c(OC)cc1C(N)O. The Hall–Kier alpha value is -1.31. The summed E-state index contributed by atoms with van der Waals surface area (Å²) >= 11 is 0. The molecule has 3 N–H and O–H groups in total. The van der Waals surface area contributed by atoms with E-state index >= 15 is 0 Å². The molecule has 1 unspecified atom stereocenters. The highest BCUT2D eigenvalue weighted by atomic mass is 32.2. The maximum Gasteiger partial charge on any atom is 0.179 e. The number of rotatable bonds is 4. The van der Waals surface area contributed by atoms with Gasteiger partial charge in [0.15, 0.2) is 9.84 Å². The number of nitrogens with two attached hydrogens (primary N) is 1. The predicted molar refractivity (Wildman–Crippen MR) is 61.8 cm³/mol. The van der Waals surface area contributed by atoms with Gasteiger partial charge in [-0.15, -0.1) is 0 Å². The van der Waals surface area contributed by atoms with Gasteiger partial charge in [0.25, 0.3) is 0 Å². The van der Waals surface area contributed by atoms with Gasteiger partial charge in [-0.2, -0.15) is 0 Å². The highest BCUT2D eigenvalue weighted by Crippen LogP contribution is 2.33. The lowest BCUT2D eigenvalue weighted by Gasteiger charge is -2.15. The zero-order valence-electron chi connectivity index (χ0n) is 9.80. The third kappa shape index (κ3) is 2.87. The maximum atomic E-state index is 11.5. The van der Waals surface area contributed by atoms with Crippen LogP contribution in [0.5, 0.6) is 11.5 Å². The van der Waals surface area contributed by atoms with Crippen molar-refractivity contribution in [3.05, 3.63) is 17.7 Å². The Bertz CT molecular complexity index is 510. The molecule has 0 bridgehead atoms. The van der Waals surface area contributed by atoms with E-state index in [1.54, 1.807) is 0 Å². The average molecular weight is 261 g/mol. The second-order valence-corrected chi connectivity index (χ2v) is 5.45. The fourth-order valence-corrected chi connectivity index (χ4v) is 2.24. The summed E-state index contributed by atoms with van der Waals surface area (Å²) in [6.45, 7) is 0. The molecule has 1 aromatic carbocycles. The summed E-state index contributed by atoms with van der Waals surface area (Å²) in [5.74, 6) is 0.314. The molecule has 6 nitrogen and oxygen atoms in total. The van der Waals surface area contributed by atoms with Crippen LogP contribution in [0.1, 0.15) is 11.8 Å². The minimum atomic E-state index is -3.45. The van der Waals surface area contributed by atoms with E-state index in [0.29, 0.717) is 0 Å². The van der Waals surface area contributed by atoms with Crippen LogP contribution in [-0.4, -0.2) is 34.0 Å². The van der Waals surface area contributed by atoms with Crippen LogP contribution in [-0.2, 0) is 9.84 Å². The zero-order valence-corrected chi connectivity index (χ0v) is 10.6. The molecule has 0 saturated carbocycles. The summed E-state index contributed by atoms with van der Waals surface area (Å²) in [7, 11) is -0.751. The van der Waals surface area contributed by atoms with Gasteiger partial charge in [0.05, 0.1) is 14.2 Å². The van der Waals surface area contributed by atoms with Gasteiger partial charge in [-0.1, -0.05) is 0 Å². The van der Waals surface area contributed by atoms with Crippen LogP contribution in [0.25, 0.3) is 0 Å². The van der Waals surface area contributed by atoms with E-state index in [4.69, 9.17) is 15.2 Å². The Morgan fingerprint density at radius 2 is 1.76 bits per heavy atom. The molecule has 0 heterocycles. The summed E-state index contributed by atoms with van der Waals surface area (Å²) < 4.78 is 33.0. The first-order chi connectivity index (χ1) is 7.81. The van der Waals surface area contributed by atoms with E-state index in [0.717, 1.165) is 6.26 Å². The minimum Gasteiger partial charge on any atom is -0.496 e. The fraction of sp³-hybridized carbons (Fsp3) is 0.400. The van der Waals surface area contributed by atoms with Gasteiger partial charge in [-0.3, -0.25) is 0 Å². The minimum absolute atomic E-state index is 0.0127. The molecule has 0 radical (unpaired) electrons. The lowest BCUT2D eigenvalue weighted by atomic mass is 10.1. The van der Waals surface area contributed by atoms with E-state index in [2.05, 4.69) is 0 Å². The quantitative estimate of drug-likeness (QED) is 0.743. The molecule has 0 saturated heterocycles. The highest BCUT2D eigenvalue weighted by molar-refractivity contribution is 7.90. The van der Waals surface area contributed by atoms with E-state index in [1.807, 2.05) is 0 Å². The molecule has 1 rings (SSSR count). The Morgan fingerprint density at radius 3 is 2.12 bits per heavy atom. The van der Waals surface area contributed by atoms with Crippen LogP contribution < -0.4 is 15.2 Å². The van der Waals surface area contributed by atoms with Crippen LogP contribution >= 0.6 is 0 Å². The first-order valence-corrected chi connectivity index (χ1v) is 6.60. The first kappa shape index (κ1) is 13.8. The summed E-state index contributed by atoms with van der Waals surface area (Å²) in [6.07, 6.45) is -0.212. The van der Waals surface area contributed by atoms with Crippen molar-refractivity contribution < 1.29 is 23.0 Å². The van der Waals surface area contributed by atoms with Crippen LogP contribution in [0, 0.1) is 0 Å². The molecule has 0 aliphatic carbocycles. The molecular weight excluding hydrogens is 246 g/mol. The second-order valence-electron chi connectivity index (χ2n) is 3.46. The smallest absolute Gasteiger partial charge is 0.179 e. The molecule has 0 fully saturated rings. The molecule has 0 spiro atoms. The summed E-state index contributed by atoms with van der Waals surface area (Å²) in [6, 6.07) is 2.62. The molecule has 1 atom stereocenters. The molecule has 0 aliphatic rings. The van der Waals surface area contributed by atoms with Crippen molar-refractivity contribution in [1.82, 2.24) is 0 Å². The van der Waals surface area contributed by atoms with Gasteiger partial charge >= 0.3 is 0 Å². The van der Waals surface area contributed by atoms with Crippen molar-refractivity contribution >= 4 is 9.84 Å². The Morgan fingerprint density at radius 1 is 1.24 bits per heavy atom. The van der Waals surface area contributed by atoms with E-state index in [1.165, 1.54) is 26.4 Å².